The number of carbonyl (C=O) groups is 3. The molecule has 0 aliphatic carbocycles. The van der Waals surface area contributed by atoms with Crippen LogP contribution in [0.5, 0.6) is 0 Å². The Morgan fingerprint density at radius 2 is 0.562 bits per heavy atom. The van der Waals surface area contributed by atoms with E-state index in [1.54, 1.807) is 0 Å². The van der Waals surface area contributed by atoms with Gasteiger partial charge in [0.15, 0.2) is 6.10 Å². The van der Waals surface area contributed by atoms with Crippen LogP contribution in [0.3, 0.4) is 0 Å². The van der Waals surface area contributed by atoms with Crippen molar-refractivity contribution in [2.75, 3.05) is 13.2 Å². The van der Waals surface area contributed by atoms with E-state index in [0.717, 1.165) is 109 Å². The fourth-order valence-electron chi connectivity index (χ4n) is 7.91. The van der Waals surface area contributed by atoms with Crippen LogP contribution in [0.2, 0.25) is 0 Å². The minimum absolute atomic E-state index is 0.105. The van der Waals surface area contributed by atoms with E-state index in [2.05, 4.69) is 142 Å². The summed E-state index contributed by atoms with van der Waals surface area (Å²) < 4.78 is 16.8. The number of rotatable bonds is 53. The first kappa shape index (κ1) is 68.8. The van der Waals surface area contributed by atoms with Gasteiger partial charge in [0, 0.05) is 19.3 Å². The summed E-state index contributed by atoms with van der Waals surface area (Å²) in [4.78, 5) is 38.2. The van der Waals surface area contributed by atoms with Gasteiger partial charge in [-0.05, 0) is 122 Å². The molecule has 6 heteroatoms. The van der Waals surface area contributed by atoms with Crippen LogP contribution in [0, 0.1) is 0 Å². The predicted molar refractivity (Wildman–Crippen MR) is 316 cm³/mol. The van der Waals surface area contributed by atoms with Crippen molar-refractivity contribution in [1.29, 1.82) is 0 Å². The Labute approximate surface area is 450 Å². The molecule has 1 atom stereocenters. The highest BCUT2D eigenvalue weighted by atomic mass is 16.6. The van der Waals surface area contributed by atoms with Crippen molar-refractivity contribution in [2.24, 2.45) is 0 Å². The Bertz CT molecular complexity index is 1540. The second-order valence-electron chi connectivity index (χ2n) is 19.5. The van der Waals surface area contributed by atoms with Crippen molar-refractivity contribution < 1.29 is 28.6 Å². The maximum Gasteiger partial charge on any atom is 0.306 e. The number of hydrogen-bond acceptors (Lipinski definition) is 6. The molecular formula is C67H110O6. The topological polar surface area (TPSA) is 78.9 Å². The fourth-order valence-corrected chi connectivity index (χ4v) is 7.91. The largest absolute Gasteiger partial charge is 0.462 e. The van der Waals surface area contributed by atoms with Crippen LogP contribution in [0.1, 0.15) is 265 Å². The summed E-state index contributed by atoms with van der Waals surface area (Å²) in [5.74, 6) is -0.980. The monoisotopic (exact) mass is 1010 g/mol. The molecule has 0 amide bonds. The van der Waals surface area contributed by atoms with Crippen LogP contribution in [0.15, 0.2) is 122 Å². The van der Waals surface area contributed by atoms with Gasteiger partial charge in [-0.2, -0.15) is 0 Å². The van der Waals surface area contributed by atoms with Crippen LogP contribution in [-0.4, -0.2) is 37.2 Å². The van der Waals surface area contributed by atoms with Gasteiger partial charge >= 0.3 is 17.9 Å². The first-order valence-corrected chi connectivity index (χ1v) is 30.0. The minimum atomic E-state index is -0.811. The van der Waals surface area contributed by atoms with Crippen LogP contribution < -0.4 is 0 Å². The third kappa shape index (κ3) is 58.6. The lowest BCUT2D eigenvalue weighted by molar-refractivity contribution is -0.167. The Balaban J connectivity index is 4.44. The normalized spacial score (nSPS) is 13.0. The quantitative estimate of drug-likeness (QED) is 0.0261. The molecule has 0 fully saturated rings. The first-order valence-electron chi connectivity index (χ1n) is 30.0. The van der Waals surface area contributed by atoms with Crippen LogP contribution in [0.25, 0.3) is 0 Å². The van der Waals surface area contributed by atoms with Gasteiger partial charge < -0.3 is 14.2 Å². The molecule has 0 saturated carbocycles. The molecule has 0 saturated heterocycles. The van der Waals surface area contributed by atoms with Gasteiger partial charge in [-0.1, -0.05) is 245 Å². The maximum absolute atomic E-state index is 12.9. The van der Waals surface area contributed by atoms with Gasteiger partial charge in [0.1, 0.15) is 13.2 Å². The molecular weight excluding hydrogens is 901 g/mol. The molecule has 0 N–H and O–H groups in total. The van der Waals surface area contributed by atoms with E-state index in [0.29, 0.717) is 19.3 Å². The summed E-state index contributed by atoms with van der Waals surface area (Å²) in [6, 6.07) is 0. The highest BCUT2D eigenvalue weighted by Crippen LogP contribution is 2.14. The van der Waals surface area contributed by atoms with E-state index in [1.165, 1.54) is 109 Å². The summed E-state index contributed by atoms with van der Waals surface area (Å²) >= 11 is 0. The molecule has 0 aromatic carbocycles. The van der Waals surface area contributed by atoms with Crippen molar-refractivity contribution in [1.82, 2.24) is 0 Å². The van der Waals surface area contributed by atoms with E-state index in [1.807, 2.05) is 0 Å². The fraction of sp³-hybridized carbons (Fsp3) is 0.657. The smallest absolute Gasteiger partial charge is 0.306 e. The molecule has 0 aliphatic rings. The van der Waals surface area contributed by atoms with Gasteiger partial charge in [0.25, 0.3) is 0 Å². The zero-order valence-corrected chi connectivity index (χ0v) is 47.4. The molecule has 1 unspecified atom stereocenters. The Morgan fingerprint density at radius 3 is 0.945 bits per heavy atom. The van der Waals surface area contributed by atoms with Crippen molar-refractivity contribution in [3.05, 3.63) is 122 Å². The molecule has 0 rings (SSSR count). The minimum Gasteiger partial charge on any atom is -0.462 e. The lowest BCUT2D eigenvalue weighted by Crippen LogP contribution is -2.30. The van der Waals surface area contributed by atoms with Crippen molar-refractivity contribution in [3.8, 4) is 0 Å². The first-order chi connectivity index (χ1) is 36.0. The number of esters is 3. The second-order valence-corrected chi connectivity index (χ2v) is 19.5. The summed E-state index contributed by atoms with van der Waals surface area (Å²) in [6.45, 7) is 6.42. The van der Waals surface area contributed by atoms with E-state index in [-0.39, 0.29) is 37.5 Å². The number of allylic oxidation sites excluding steroid dienone is 20. The second kappa shape index (κ2) is 60.4. The van der Waals surface area contributed by atoms with Crippen LogP contribution in [0.4, 0.5) is 0 Å². The van der Waals surface area contributed by atoms with Gasteiger partial charge in [-0.3, -0.25) is 14.4 Å². The van der Waals surface area contributed by atoms with E-state index in [4.69, 9.17) is 14.2 Å². The van der Waals surface area contributed by atoms with Crippen LogP contribution >= 0.6 is 0 Å². The summed E-state index contributed by atoms with van der Waals surface area (Å²) in [7, 11) is 0. The predicted octanol–water partition coefficient (Wildman–Crippen LogP) is 20.4. The molecule has 0 aliphatic heterocycles. The number of ether oxygens (including phenoxy) is 3. The van der Waals surface area contributed by atoms with Gasteiger partial charge in [0.2, 0.25) is 0 Å². The highest BCUT2D eigenvalue weighted by Gasteiger charge is 2.19. The highest BCUT2D eigenvalue weighted by molar-refractivity contribution is 5.71. The van der Waals surface area contributed by atoms with Gasteiger partial charge in [-0.25, -0.2) is 0 Å². The number of carbonyl (C=O) groups excluding carboxylic acids is 3. The van der Waals surface area contributed by atoms with Gasteiger partial charge in [-0.15, -0.1) is 0 Å². The molecule has 0 heterocycles. The molecule has 0 aromatic heterocycles. The molecule has 0 bridgehead atoms. The summed E-state index contributed by atoms with van der Waals surface area (Å²) in [6.07, 6.45) is 83.4. The lowest BCUT2D eigenvalue weighted by Gasteiger charge is -2.18. The molecule has 0 aromatic rings. The summed E-state index contributed by atoms with van der Waals surface area (Å²) in [5.41, 5.74) is 0. The van der Waals surface area contributed by atoms with Crippen molar-refractivity contribution >= 4 is 17.9 Å². The third-order valence-corrected chi connectivity index (χ3v) is 12.4. The average Bonchev–Trinajstić information content (AvgIpc) is 3.39. The average molecular weight is 1010 g/mol. The SMILES string of the molecule is CC/C=C\C/C=C\C/C=C\C/C=C\C/C=C\C/C=C\C/C=C\CCCC(=O)OCC(COC(=O)CCCCCCC/C=C\CCCC)OC(=O)CCCCCCCCCCC/C=C\C/C=C\CCCCCCC. The Morgan fingerprint density at radius 1 is 0.288 bits per heavy atom. The van der Waals surface area contributed by atoms with Crippen molar-refractivity contribution in [3.63, 3.8) is 0 Å². The molecule has 0 spiro atoms. The van der Waals surface area contributed by atoms with Crippen molar-refractivity contribution in [2.45, 2.75) is 271 Å². The van der Waals surface area contributed by atoms with E-state index in [9.17, 15) is 14.4 Å². The van der Waals surface area contributed by atoms with E-state index >= 15 is 0 Å². The zero-order chi connectivity index (χ0) is 52.9. The van der Waals surface area contributed by atoms with Crippen LogP contribution in [-0.2, 0) is 28.6 Å². The third-order valence-electron chi connectivity index (χ3n) is 12.4. The molecule has 414 valence electrons. The van der Waals surface area contributed by atoms with Gasteiger partial charge in [0.05, 0.1) is 0 Å². The van der Waals surface area contributed by atoms with E-state index < -0.39 is 6.10 Å². The Kier molecular flexibility index (Phi) is 56.9. The Hall–Kier alpha value is -4.19. The lowest BCUT2D eigenvalue weighted by atomic mass is 10.1. The molecule has 73 heavy (non-hydrogen) atoms. The zero-order valence-electron chi connectivity index (χ0n) is 47.4. The summed E-state index contributed by atoms with van der Waals surface area (Å²) in [5, 5.41) is 0. The molecule has 0 radical (unpaired) electrons. The number of hydrogen-bond donors (Lipinski definition) is 0. The number of unbranched alkanes of at least 4 members (excludes halogenated alkanes) is 22. The standard InChI is InChI=1S/C67H110O6/c1-4-7-10-13-16-19-22-24-26-28-30-32-33-35-36-38-40-42-45-48-51-54-57-60-66(69)72-63-64(62-71-65(68)59-56-53-50-47-44-21-18-15-12-9-6-3)73-67(70)61-58-55-52-49-46-43-41-39-37-34-31-29-27-25-23-20-17-14-11-8-5-2/h7,10,15-16,18-19,23-26,29-32,35-36,40,42,48,51,64H,4-6,8-9,11-14,17,20-22,27-28,33-34,37-39,41,43-47,49-50,52-63H2,1-3H3/b10-7-,18-15-,19-16-,25-23-,26-24-,31-29-,32-30-,36-35-,42-40-,51-48-. The molecule has 6 nitrogen and oxygen atoms in total. The maximum atomic E-state index is 12.9.